The summed E-state index contributed by atoms with van der Waals surface area (Å²) in [7, 11) is 0. The second-order valence-electron chi connectivity index (χ2n) is 4.80. The van der Waals surface area contributed by atoms with Crippen LogP contribution in [0.4, 0.5) is 0 Å². The highest BCUT2D eigenvalue weighted by molar-refractivity contribution is 7.11. The minimum atomic E-state index is -0.0506. The van der Waals surface area contributed by atoms with E-state index in [1.165, 1.54) is 10.6 Å². The molecule has 1 aliphatic carbocycles. The summed E-state index contributed by atoms with van der Waals surface area (Å²) in [5.74, 6) is 0.650. The van der Waals surface area contributed by atoms with Gasteiger partial charge in [0.1, 0.15) is 0 Å². The predicted molar refractivity (Wildman–Crippen MR) is 66.7 cm³/mol. The van der Waals surface area contributed by atoms with Crippen molar-refractivity contribution >= 4 is 11.3 Å². The minimum Gasteiger partial charge on any atom is -0.393 e. The zero-order chi connectivity index (χ0) is 11.7. The summed E-state index contributed by atoms with van der Waals surface area (Å²) in [4.78, 5) is 5.86. The Kier molecular flexibility index (Phi) is 3.62. The van der Waals surface area contributed by atoms with Gasteiger partial charge in [0.2, 0.25) is 0 Å². The largest absolute Gasteiger partial charge is 0.393 e. The Morgan fingerprint density at radius 1 is 1.50 bits per heavy atom. The molecule has 0 amide bonds. The molecule has 2 rings (SSSR count). The third-order valence-corrected chi connectivity index (χ3v) is 4.18. The molecule has 16 heavy (non-hydrogen) atoms. The zero-order valence-electron chi connectivity index (χ0n) is 10.2. The predicted octanol–water partition coefficient (Wildman–Crippen LogP) is 2.18. The number of aryl methyl sites for hydroxylation is 2. The van der Waals surface area contributed by atoms with E-state index in [-0.39, 0.29) is 6.10 Å². The van der Waals surface area contributed by atoms with Crippen molar-refractivity contribution in [3.63, 3.8) is 0 Å². The van der Waals surface area contributed by atoms with Gasteiger partial charge < -0.3 is 10.4 Å². The molecule has 3 nitrogen and oxygen atoms in total. The Hall–Kier alpha value is -0.450. The lowest BCUT2D eigenvalue weighted by molar-refractivity contribution is 0.0420. The summed E-state index contributed by atoms with van der Waals surface area (Å²) in [6.07, 6.45) is 1.86. The third-order valence-electron chi connectivity index (χ3n) is 3.27. The maximum absolute atomic E-state index is 9.21. The number of thiazole rings is 1. The Bertz CT molecular complexity index is 358. The molecular formula is C12H20N2OS. The smallest absolute Gasteiger partial charge is 0.0900 e. The van der Waals surface area contributed by atoms with E-state index in [4.69, 9.17) is 0 Å². The van der Waals surface area contributed by atoms with Gasteiger partial charge in [-0.05, 0) is 46.1 Å². The number of hydrogen-bond acceptors (Lipinski definition) is 4. The molecular weight excluding hydrogens is 220 g/mol. The van der Waals surface area contributed by atoms with E-state index >= 15 is 0 Å². The van der Waals surface area contributed by atoms with Gasteiger partial charge in [0, 0.05) is 10.9 Å². The fraction of sp³-hybridized carbons (Fsp3) is 0.750. The van der Waals surface area contributed by atoms with E-state index in [2.05, 4.69) is 31.1 Å². The SMILES string of the molecule is Cc1nc(C(C)NCC2CC(O)C2)c(C)s1. The van der Waals surface area contributed by atoms with Crippen LogP contribution in [0.2, 0.25) is 0 Å². The van der Waals surface area contributed by atoms with Gasteiger partial charge in [0.25, 0.3) is 0 Å². The Labute approximate surface area is 101 Å². The molecule has 1 heterocycles. The Morgan fingerprint density at radius 2 is 2.19 bits per heavy atom. The summed E-state index contributed by atoms with van der Waals surface area (Å²) in [6.45, 7) is 7.34. The first-order valence-corrected chi connectivity index (χ1v) is 6.73. The highest BCUT2D eigenvalue weighted by Gasteiger charge is 2.27. The molecule has 0 spiro atoms. The van der Waals surface area contributed by atoms with Crippen LogP contribution in [0.5, 0.6) is 0 Å². The maximum Gasteiger partial charge on any atom is 0.0900 e. The van der Waals surface area contributed by atoms with Crippen LogP contribution in [0.1, 0.15) is 41.4 Å². The van der Waals surface area contributed by atoms with E-state index < -0.39 is 0 Å². The van der Waals surface area contributed by atoms with Crippen LogP contribution >= 0.6 is 11.3 Å². The molecule has 0 saturated heterocycles. The number of rotatable bonds is 4. The van der Waals surface area contributed by atoms with Gasteiger partial charge in [-0.25, -0.2) is 4.98 Å². The number of nitrogens with zero attached hydrogens (tertiary/aromatic N) is 1. The van der Waals surface area contributed by atoms with E-state index in [1.54, 1.807) is 11.3 Å². The average Bonchev–Trinajstić information content (AvgIpc) is 2.50. The second kappa shape index (κ2) is 4.82. The van der Waals surface area contributed by atoms with Crippen LogP contribution < -0.4 is 5.32 Å². The molecule has 0 bridgehead atoms. The van der Waals surface area contributed by atoms with E-state index in [1.807, 2.05) is 0 Å². The highest BCUT2D eigenvalue weighted by atomic mass is 32.1. The van der Waals surface area contributed by atoms with Crippen molar-refractivity contribution in [3.05, 3.63) is 15.6 Å². The molecule has 1 aliphatic rings. The minimum absolute atomic E-state index is 0.0506. The summed E-state index contributed by atoms with van der Waals surface area (Å²) in [5, 5.41) is 13.9. The van der Waals surface area contributed by atoms with Crippen molar-refractivity contribution in [1.29, 1.82) is 0 Å². The first-order chi connectivity index (χ1) is 7.56. The topological polar surface area (TPSA) is 45.2 Å². The average molecular weight is 240 g/mol. The monoisotopic (exact) mass is 240 g/mol. The van der Waals surface area contributed by atoms with Crippen molar-refractivity contribution < 1.29 is 5.11 Å². The molecule has 4 heteroatoms. The van der Waals surface area contributed by atoms with Crippen molar-refractivity contribution in [2.24, 2.45) is 5.92 Å². The zero-order valence-corrected chi connectivity index (χ0v) is 11.0. The molecule has 1 unspecified atom stereocenters. The lowest BCUT2D eigenvalue weighted by Gasteiger charge is -2.32. The standard InChI is InChI=1S/C12H20N2OS/c1-7(12-8(2)16-9(3)14-12)13-6-10-4-11(15)5-10/h7,10-11,13,15H,4-6H2,1-3H3. The molecule has 2 N–H and O–H groups in total. The second-order valence-corrected chi connectivity index (χ2v) is 6.20. The summed E-state index contributed by atoms with van der Waals surface area (Å²) >= 11 is 1.76. The van der Waals surface area contributed by atoms with Crippen molar-refractivity contribution in [2.45, 2.75) is 45.8 Å². The van der Waals surface area contributed by atoms with Crippen molar-refractivity contribution in [2.75, 3.05) is 6.54 Å². The summed E-state index contributed by atoms with van der Waals surface area (Å²) < 4.78 is 0. The van der Waals surface area contributed by atoms with E-state index in [0.717, 1.165) is 24.4 Å². The molecule has 0 aromatic carbocycles. The van der Waals surface area contributed by atoms with Gasteiger partial charge in [-0.15, -0.1) is 11.3 Å². The lowest BCUT2D eigenvalue weighted by atomic mass is 9.82. The molecule has 1 fully saturated rings. The first kappa shape index (κ1) is 12.0. The van der Waals surface area contributed by atoms with Gasteiger partial charge in [-0.3, -0.25) is 0 Å². The van der Waals surface area contributed by atoms with Crippen LogP contribution in [0, 0.1) is 19.8 Å². The van der Waals surface area contributed by atoms with Gasteiger partial charge in [0.05, 0.1) is 16.8 Å². The molecule has 1 aromatic heterocycles. The van der Waals surface area contributed by atoms with Crippen molar-refractivity contribution in [1.82, 2.24) is 10.3 Å². The van der Waals surface area contributed by atoms with Gasteiger partial charge >= 0.3 is 0 Å². The Balaban J connectivity index is 1.83. The van der Waals surface area contributed by atoms with Crippen LogP contribution in [0.15, 0.2) is 0 Å². The number of aromatic nitrogens is 1. The fourth-order valence-electron chi connectivity index (χ4n) is 2.25. The third kappa shape index (κ3) is 2.62. The van der Waals surface area contributed by atoms with Gasteiger partial charge in [-0.2, -0.15) is 0 Å². The van der Waals surface area contributed by atoms with Gasteiger partial charge in [-0.1, -0.05) is 0 Å². The van der Waals surface area contributed by atoms with Crippen LogP contribution in [0.3, 0.4) is 0 Å². The first-order valence-electron chi connectivity index (χ1n) is 5.91. The Morgan fingerprint density at radius 3 is 2.69 bits per heavy atom. The lowest BCUT2D eigenvalue weighted by Crippen LogP contribution is -2.37. The van der Waals surface area contributed by atoms with E-state index in [0.29, 0.717) is 12.0 Å². The maximum atomic E-state index is 9.21. The van der Waals surface area contributed by atoms with Crippen molar-refractivity contribution in [3.8, 4) is 0 Å². The number of aliphatic hydroxyl groups is 1. The summed E-state index contributed by atoms with van der Waals surface area (Å²) in [5.41, 5.74) is 1.18. The normalized spacial score (nSPS) is 26.5. The molecule has 0 aliphatic heterocycles. The highest BCUT2D eigenvalue weighted by Crippen LogP contribution is 2.28. The molecule has 0 radical (unpaired) electrons. The van der Waals surface area contributed by atoms with Crippen LogP contribution in [-0.2, 0) is 0 Å². The quantitative estimate of drug-likeness (QED) is 0.848. The summed E-state index contributed by atoms with van der Waals surface area (Å²) in [6, 6.07) is 0.322. The fourth-order valence-corrected chi connectivity index (χ4v) is 3.17. The molecule has 1 saturated carbocycles. The van der Waals surface area contributed by atoms with Crippen LogP contribution in [-0.4, -0.2) is 22.7 Å². The molecule has 90 valence electrons. The van der Waals surface area contributed by atoms with Gasteiger partial charge in [0.15, 0.2) is 0 Å². The number of aliphatic hydroxyl groups excluding tert-OH is 1. The molecule has 1 aromatic rings. The van der Waals surface area contributed by atoms with Crippen LogP contribution in [0.25, 0.3) is 0 Å². The number of nitrogens with one attached hydrogen (secondary N) is 1. The van der Waals surface area contributed by atoms with E-state index in [9.17, 15) is 5.11 Å². The number of hydrogen-bond donors (Lipinski definition) is 2. The molecule has 1 atom stereocenters.